The number of hydrogen-bond donors (Lipinski definition) is 1. The molecule has 6 heteroatoms. The van der Waals surface area contributed by atoms with Gasteiger partial charge in [0.1, 0.15) is 5.75 Å². The van der Waals surface area contributed by atoms with Gasteiger partial charge >= 0.3 is 5.69 Å². The summed E-state index contributed by atoms with van der Waals surface area (Å²) >= 11 is 1.08. The van der Waals surface area contributed by atoms with Crippen molar-refractivity contribution in [1.82, 2.24) is 4.98 Å². The molecule has 1 heterocycles. The molecule has 0 amide bonds. The van der Waals surface area contributed by atoms with E-state index in [1.54, 1.807) is 31.2 Å². The van der Waals surface area contributed by atoms with Crippen LogP contribution in [0.4, 0.5) is 5.69 Å². The number of phenols is 1. The molecule has 0 atom stereocenters. The second-order valence-electron chi connectivity index (χ2n) is 3.60. The van der Waals surface area contributed by atoms with E-state index in [9.17, 15) is 15.2 Å². The van der Waals surface area contributed by atoms with E-state index in [0.717, 1.165) is 11.8 Å². The van der Waals surface area contributed by atoms with Crippen molar-refractivity contribution in [2.75, 3.05) is 0 Å². The zero-order valence-corrected chi connectivity index (χ0v) is 10.3. The predicted molar refractivity (Wildman–Crippen MR) is 67.9 cm³/mol. The van der Waals surface area contributed by atoms with Gasteiger partial charge in [-0.3, -0.25) is 10.1 Å². The molecular formula is C12H10N2O3S. The second-order valence-corrected chi connectivity index (χ2v) is 4.63. The Morgan fingerprint density at radius 3 is 2.67 bits per heavy atom. The molecule has 18 heavy (non-hydrogen) atoms. The van der Waals surface area contributed by atoms with Crippen molar-refractivity contribution in [3.05, 3.63) is 52.2 Å². The van der Waals surface area contributed by atoms with E-state index >= 15 is 0 Å². The van der Waals surface area contributed by atoms with Crippen LogP contribution < -0.4 is 0 Å². The molecule has 0 saturated carbocycles. The fourth-order valence-electron chi connectivity index (χ4n) is 1.39. The normalized spacial score (nSPS) is 10.3. The summed E-state index contributed by atoms with van der Waals surface area (Å²) in [6.45, 7) is 1.76. The lowest BCUT2D eigenvalue weighted by atomic mass is 10.3. The second kappa shape index (κ2) is 5.05. The highest BCUT2D eigenvalue weighted by Gasteiger charge is 2.17. The van der Waals surface area contributed by atoms with Crippen molar-refractivity contribution in [2.45, 2.75) is 16.8 Å². The van der Waals surface area contributed by atoms with Crippen molar-refractivity contribution in [3.63, 3.8) is 0 Å². The van der Waals surface area contributed by atoms with E-state index < -0.39 is 4.92 Å². The smallest absolute Gasteiger partial charge is 0.301 e. The summed E-state index contributed by atoms with van der Waals surface area (Å²) in [4.78, 5) is 15.1. The van der Waals surface area contributed by atoms with Gasteiger partial charge in [-0.05, 0) is 25.1 Å². The number of para-hydroxylation sites is 1. The zero-order chi connectivity index (χ0) is 13.1. The maximum absolute atomic E-state index is 10.9. The molecule has 0 spiro atoms. The van der Waals surface area contributed by atoms with E-state index in [4.69, 9.17) is 0 Å². The molecule has 0 radical (unpaired) electrons. The first kappa shape index (κ1) is 12.4. The average molecular weight is 262 g/mol. The first-order valence-electron chi connectivity index (χ1n) is 5.16. The molecule has 0 unspecified atom stereocenters. The molecule has 1 aromatic heterocycles. The molecule has 0 aliphatic rings. The predicted octanol–water partition coefficient (Wildman–Crippen LogP) is 3.16. The van der Waals surface area contributed by atoms with Crippen LogP contribution in [0.2, 0.25) is 0 Å². The third-order valence-corrected chi connectivity index (χ3v) is 3.31. The Morgan fingerprint density at radius 2 is 2.00 bits per heavy atom. The SMILES string of the molecule is Cc1ccc([N+](=O)[O-])c(Sc2ccccc2O)n1. The molecular weight excluding hydrogens is 252 g/mol. The fraction of sp³-hybridized carbons (Fsp3) is 0.0833. The molecule has 1 aromatic carbocycles. The Bertz CT molecular complexity index is 602. The van der Waals surface area contributed by atoms with Gasteiger partial charge in [0.05, 0.1) is 9.82 Å². The number of aryl methyl sites for hydroxylation is 1. The number of aromatic nitrogens is 1. The van der Waals surface area contributed by atoms with E-state index in [2.05, 4.69) is 4.98 Å². The van der Waals surface area contributed by atoms with Gasteiger partial charge in [0, 0.05) is 11.8 Å². The maximum atomic E-state index is 10.9. The average Bonchev–Trinajstić information content (AvgIpc) is 2.32. The monoisotopic (exact) mass is 262 g/mol. The number of pyridine rings is 1. The van der Waals surface area contributed by atoms with Gasteiger partial charge in [0.2, 0.25) is 0 Å². The van der Waals surface area contributed by atoms with Crippen molar-refractivity contribution in [3.8, 4) is 5.75 Å². The Balaban J connectivity index is 2.42. The number of benzene rings is 1. The summed E-state index contributed by atoms with van der Waals surface area (Å²) in [7, 11) is 0. The van der Waals surface area contributed by atoms with Crippen LogP contribution in [0.15, 0.2) is 46.3 Å². The molecule has 0 fully saturated rings. The number of hydrogen-bond acceptors (Lipinski definition) is 5. The lowest BCUT2D eigenvalue weighted by Gasteiger charge is -2.04. The molecule has 0 aliphatic heterocycles. The Hall–Kier alpha value is -2.08. The minimum atomic E-state index is -0.477. The van der Waals surface area contributed by atoms with Crippen molar-refractivity contribution >= 4 is 17.4 Å². The Labute approximate surface area is 108 Å². The minimum absolute atomic E-state index is 0.0612. The van der Waals surface area contributed by atoms with Crippen LogP contribution >= 0.6 is 11.8 Å². The fourth-order valence-corrected chi connectivity index (χ4v) is 2.35. The molecule has 0 aliphatic carbocycles. The van der Waals surface area contributed by atoms with Gasteiger partial charge in [-0.15, -0.1) is 0 Å². The highest BCUT2D eigenvalue weighted by atomic mass is 32.2. The number of nitrogens with zero attached hydrogens (tertiary/aromatic N) is 2. The van der Waals surface area contributed by atoms with Gasteiger partial charge in [-0.1, -0.05) is 23.9 Å². The number of phenolic OH excluding ortho intramolecular Hbond substituents is 1. The van der Waals surface area contributed by atoms with Crippen LogP contribution in [0.25, 0.3) is 0 Å². The van der Waals surface area contributed by atoms with Crippen LogP contribution in [-0.2, 0) is 0 Å². The first-order valence-corrected chi connectivity index (χ1v) is 5.97. The van der Waals surface area contributed by atoms with Gasteiger partial charge in [-0.25, -0.2) is 4.98 Å². The topological polar surface area (TPSA) is 76.3 Å². The van der Waals surface area contributed by atoms with E-state index in [1.807, 2.05) is 0 Å². The third kappa shape index (κ3) is 2.60. The first-order chi connectivity index (χ1) is 8.58. The van der Waals surface area contributed by atoms with E-state index in [-0.39, 0.29) is 16.5 Å². The molecule has 5 nitrogen and oxygen atoms in total. The van der Waals surface area contributed by atoms with Crippen molar-refractivity contribution in [2.24, 2.45) is 0 Å². The summed E-state index contributed by atoms with van der Waals surface area (Å²) in [5.41, 5.74) is 0.632. The largest absolute Gasteiger partial charge is 0.507 e. The Morgan fingerprint density at radius 1 is 1.28 bits per heavy atom. The van der Waals surface area contributed by atoms with Gasteiger partial charge in [-0.2, -0.15) is 0 Å². The van der Waals surface area contributed by atoms with Crippen LogP contribution in [0.3, 0.4) is 0 Å². The van der Waals surface area contributed by atoms with Gasteiger partial charge in [0.25, 0.3) is 0 Å². The van der Waals surface area contributed by atoms with Crippen molar-refractivity contribution in [1.29, 1.82) is 0 Å². The molecule has 2 aromatic rings. The number of nitro groups is 1. The van der Waals surface area contributed by atoms with Crippen molar-refractivity contribution < 1.29 is 10.0 Å². The van der Waals surface area contributed by atoms with Crippen LogP contribution in [0.5, 0.6) is 5.75 Å². The maximum Gasteiger partial charge on any atom is 0.301 e. The third-order valence-electron chi connectivity index (χ3n) is 2.25. The zero-order valence-electron chi connectivity index (χ0n) is 9.53. The summed E-state index contributed by atoms with van der Waals surface area (Å²) in [6.07, 6.45) is 0. The highest BCUT2D eigenvalue weighted by molar-refractivity contribution is 7.99. The molecule has 0 saturated heterocycles. The summed E-state index contributed by atoms with van der Waals surface area (Å²) in [6, 6.07) is 9.68. The van der Waals surface area contributed by atoms with Crippen LogP contribution in [-0.4, -0.2) is 15.0 Å². The lowest BCUT2D eigenvalue weighted by Crippen LogP contribution is -1.94. The summed E-state index contributed by atoms with van der Waals surface area (Å²) in [5, 5.41) is 20.8. The standard InChI is InChI=1S/C12H10N2O3S/c1-8-6-7-9(14(16)17)12(13-8)18-11-5-3-2-4-10(11)15/h2-7,15H,1H3. The van der Waals surface area contributed by atoms with Gasteiger partial charge in [0.15, 0.2) is 5.03 Å². The molecule has 92 valence electrons. The summed E-state index contributed by atoms with van der Waals surface area (Å²) in [5.74, 6) is 0.0834. The summed E-state index contributed by atoms with van der Waals surface area (Å²) < 4.78 is 0. The quantitative estimate of drug-likeness (QED) is 0.679. The molecule has 0 bridgehead atoms. The van der Waals surface area contributed by atoms with Crippen LogP contribution in [0.1, 0.15) is 5.69 Å². The highest BCUT2D eigenvalue weighted by Crippen LogP contribution is 2.37. The van der Waals surface area contributed by atoms with Gasteiger partial charge < -0.3 is 5.11 Å². The number of rotatable bonds is 3. The lowest BCUT2D eigenvalue weighted by molar-refractivity contribution is -0.388. The molecule has 2 rings (SSSR count). The van der Waals surface area contributed by atoms with E-state index in [1.165, 1.54) is 12.1 Å². The Kier molecular flexibility index (Phi) is 3.47. The minimum Gasteiger partial charge on any atom is -0.507 e. The van der Waals surface area contributed by atoms with Crippen LogP contribution in [0, 0.1) is 17.0 Å². The number of aromatic hydroxyl groups is 1. The molecule has 1 N–H and O–H groups in total. The van der Waals surface area contributed by atoms with E-state index in [0.29, 0.717) is 10.6 Å².